The van der Waals surface area contributed by atoms with Gasteiger partial charge >= 0.3 is 0 Å². The van der Waals surface area contributed by atoms with Crippen molar-refractivity contribution < 1.29 is 0 Å². The van der Waals surface area contributed by atoms with Gasteiger partial charge in [-0.1, -0.05) is 18.6 Å². The zero-order valence-corrected chi connectivity index (χ0v) is 10.5. The lowest BCUT2D eigenvalue weighted by atomic mass is 9.81. The second kappa shape index (κ2) is 5.83. The molecule has 0 heterocycles. The third-order valence-corrected chi connectivity index (χ3v) is 4.16. The number of nitrogens with one attached hydrogen (secondary N) is 1. The van der Waals surface area contributed by atoms with E-state index in [2.05, 4.69) is 24.4 Å². The van der Waals surface area contributed by atoms with Crippen LogP contribution in [0.2, 0.25) is 0 Å². The van der Waals surface area contributed by atoms with Crippen molar-refractivity contribution in [1.82, 2.24) is 5.32 Å². The first-order valence-corrected chi connectivity index (χ1v) is 6.94. The lowest BCUT2D eigenvalue weighted by molar-refractivity contribution is 0.247. The summed E-state index contributed by atoms with van der Waals surface area (Å²) in [5.41, 5.74) is 6.02. The standard InChI is InChI=1S/C14H26N2/c1-11(15)12-6-5-9-14(10-12)16-13-7-3-2-4-8-13/h3,7,11-14,16H,2,4-6,8-10,15H2,1H3. The van der Waals surface area contributed by atoms with Gasteiger partial charge in [0.2, 0.25) is 0 Å². The van der Waals surface area contributed by atoms with Crippen LogP contribution >= 0.6 is 0 Å². The molecule has 0 aromatic rings. The van der Waals surface area contributed by atoms with E-state index < -0.39 is 0 Å². The molecule has 16 heavy (non-hydrogen) atoms. The van der Waals surface area contributed by atoms with E-state index in [9.17, 15) is 0 Å². The van der Waals surface area contributed by atoms with Gasteiger partial charge in [0.1, 0.15) is 0 Å². The van der Waals surface area contributed by atoms with E-state index >= 15 is 0 Å². The van der Waals surface area contributed by atoms with Crippen molar-refractivity contribution >= 4 is 0 Å². The lowest BCUT2D eigenvalue weighted by Gasteiger charge is -2.34. The van der Waals surface area contributed by atoms with Crippen LogP contribution in [0.1, 0.15) is 51.9 Å². The van der Waals surface area contributed by atoms with Crippen LogP contribution in [-0.2, 0) is 0 Å². The van der Waals surface area contributed by atoms with Crippen molar-refractivity contribution in [3.05, 3.63) is 12.2 Å². The van der Waals surface area contributed by atoms with Crippen LogP contribution in [0.5, 0.6) is 0 Å². The average Bonchev–Trinajstić information content (AvgIpc) is 2.30. The summed E-state index contributed by atoms with van der Waals surface area (Å²) in [6, 6.07) is 1.70. The Labute approximate surface area is 99.7 Å². The van der Waals surface area contributed by atoms with Crippen molar-refractivity contribution in [3.63, 3.8) is 0 Å². The molecule has 0 aromatic carbocycles. The first-order chi connectivity index (χ1) is 7.75. The van der Waals surface area contributed by atoms with Gasteiger partial charge in [-0.3, -0.25) is 0 Å². The molecule has 92 valence electrons. The zero-order chi connectivity index (χ0) is 11.4. The summed E-state index contributed by atoms with van der Waals surface area (Å²) in [5.74, 6) is 0.735. The maximum atomic E-state index is 6.02. The van der Waals surface area contributed by atoms with Gasteiger partial charge in [0.25, 0.3) is 0 Å². The van der Waals surface area contributed by atoms with Crippen molar-refractivity contribution in [2.24, 2.45) is 11.7 Å². The van der Waals surface area contributed by atoms with Crippen LogP contribution < -0.4 is 11.1 Å². The molecule has 0 saturated heterocycles. The summed E-state index contributed by atoms with van der Waals surface area (Å²) in [5, 5.41) is 3.80. The predicted molar refractivity (Wildman–Crippen MR) is 69.3 cm³/mol. The van der Waals surface area contributed by atoms with Crippen LogP contribution in [0.15, 0.2) is 12.2 Å². The highest BCUT2D eigenvalue weighted by molar-refractivity contribution is 4.99. The molecule has 2 nitrogen and oxygen atoms in total. The Balaban J connectivity index is 1.80. The van der Waals surface area contributed by atoms with E-state index in [0.29, 0.717) is 18.1 Å². The molecule has 0 aromatic heterocycles. The highest BCUT2D eigenvalue weighted by Gasteiger charge is 2.25. The van der Waals surface area contributed by atoms with Gasteiger partial charge in [-0.15, -0.1) is 0 Å². The van der Waals surface area contributed by atoms with E-state index in [0.717, 1.165) is 5.92 Å². The molecular weight excluding hydrogens is 196 g/mol. The highest BCUT2D eigenvalue weighted by Crippen LogP contribution is 2.27. The minimum absolute atomic E-state index is 0.367. The molecule has 0 radical (unpaired) electrons. The first-order valence-electron chi connectivity index (χ1n) is 6.94. The number of hydrogen-bond acceptors (Lipinski definition) is 2. The van der Waals surface area contributed by atoms with Crippen LogP contribution in [-0.4, -0.2) is 18.1 Å². The molecule has 1 saturated carbocycles. The van der Waals surface area contributed by atoms with Gasteiger partial charge in [-0.05, 0) is 51.4 Å². The Morgan fingerprint density at radius 3 is 2.81 bits per heavy atom. The van der Waals surface area contributed by atoms with Crippen LogP contribution in [0.3, 0.4) is 0 Å². The molecule has 0 amide bonds. The fraction of sp³-hybridized carbons (Fsp3) is 0.857. The second-order valence-corrected chi connectivity index (χ2v) is 5.61. The van der Waals surface area contributed by atoms with Crippen LogP contribution in [0, 0.1) is 5.92 Å². The smallest absolute Gasteiger partial charge is 0.0252 e. The molecule has 4 atom stereocenters. The monoisotopic (exact) mass is 222 g/mol. The molecule has 0 spiro atoms. The largest absolute Gasteiger partial charge is 0.328 e. The Hall–Kier alpha value is -0.340. The van der Waals surface area contributed by atoms with Crippen molar-refractivity contribution in [2.45, 2.75) is 70.0 Å². The molecular formula is C14H26N2. The van der Waals surface area contributed by atoms with Gasteiger partial charge in [0, 0.05) is 18.1 Å². The maximum absolute atomic E-state index is 6.02. The molecule has 3 N–H and O–H groups in total. The highest BCUT2D eigenvalue weighted by atomic mass is 14.9. The van der Waals surface area contributed by atoms with Crippen molar-refractivity contribution in [3.8, 4) is 0 Å². The number of rotatable bonds is 3. The SMILES string of the molecule is CC(N)C1CCCC(NC2C=CCCC2)C1. The molecule has 4 unspecified atom stereocenters. The predicted octanol–water partition coefficient (Wildman–Crippen LogP) is 2.59. The Morgan fingerprint density at radius 2 is 2.12 bits per heavy atom. The second-order valence-electron chi connectivity index (χ2n) is 5.61. The van der Waals surface area contributed by atoms with E-state index in [1.807, 2.05) is 0 Å². The van der Waals surface area contributed by atoms with Gasteiger partial charge in [-0.25, -0.2) is 0 Å². The minimum atomic E-state index is 0.367. The van der Waals surface area contributed by atoms with Gasteiger partial charge in [0.05, 0.1) is 0 Å². The Morgan fingerprint density at radius 1 is 1.25 bits per heavy atom. The minimum Gasteiger partial charge on any atom is -0.328 e. The normalized spacial score (nSPS) is 37.2. The average molecular weight is 222 g/mol. The number of hydrogen-bond donors (Lipinski definition) is 2. The summed E-state index contributed by atoms with van der Waals surface area (Å²) in [6.45, 7) is 2.16. The van der Waals surface area contributed by atoms with E-state index in [4.69, 9.17) is 5.73 Å². The molecule has 2 aliphatic carbocycles. The van der Waals surface area contributed by atoms with E-state index in [-0.39, 0.29) is 0 Å². The van der Waals surface area contributed by atoms with Crippen molar-refractivity contribution in [1.29, 1.82) is 0 Å². The van der Waals surface area contributed by atoms with Crippen LogP contribution in [0.25, 0.3) is 0 Å². The lowest BCUT2D eigenvalue weighted by Crippen LogP contribution is -2.43. The molecule has 2 rings (SSSR count). The molecule has 1 fully saturated rings. The maximum Gasteiger partial charge on any atom is 0.0252 e. The topological polar surface area (TPSA) is 38.0 Å². The summed E-state index contributed by atoms with van der Waals surface area (Å²) < 4.78 is 0. The molecule has 0 aliphatic heterocycles. The van der Waals surface area contributed by atoms with Gasteiger partial charge in [0.15, 0.2) is 0 Å². The van der Waals surface area contributed by atoms with Crippen LogP contribution in [0.4, 0.5) is 0 Å². The molecule has 2 aliphatic rings. The summed E-state index contributed by atoms with van der Waals surface area (Å²) in [6.07, 6.45) is 13.9. The summed E-state index contributed by atoms with van der Waals surface area (Å²) in [7, 11) is 0. The molecule has 0 bridgehead atoms. The summed E-state index contributed by atoms with van der Waals surface area (Å²) in [4.78, 5) is 0. The van der Waals surface area contributed by atoms with E-state index in [1.165, 1.54) is 44.9 Å². The fourth-order valence-corrected chi connectivity index (χ4v) is 3.11. The quantitative estimate of drug-likeness (QED) is 0.720. The molecule has 2 heteroatoms. The Bertz CT molecular complexity index is 235. The van der Waals surface area contributed by atoms with Gasteiger partial charge in [-0.2, -0.15) is 0 Å². The fourth-order valence-electron chi connectivity index (χ4n) is 3.11. The van der Waals surface area contributed by atoms with Gasteiger partial charge < -0.3 is 11.1 Å². The summed E-state index contributed by atoms with van der Waals surface area (Å²) >= 11 is 0. The number of allylic oxidation sites excluding steroid dienone is 1. The first kappa shape index (κ1) is 12.1. The van der Waals surface area contributed by atoms with E-state index in [1.54, 1.807) is 0 Å². The van der Waals surface area contributed by atoms with Crippen molar-refractivity contribution in [2.75, 3.05) is 0 Å². The third-order valence-electron chi connectivity index (χ3n) is 4.16. The Kier molecular flexibility index (Phi) is 4.42. The third kappa shape index (κ3) is 3.33. The number of nitrogens with two attached hydrogens (primary N) is 1. The zero-order valence-electron chi connectivity index (χ0n) is 10.5.